The second-order valence-corrected chi connectivity index (χ2v) is 6.78. The summed E-state index contributed by atoms with van der Waals surface area (Å²) in [5.41, 5.74) is 1.27. The number of nitrogens with zero attached hydrogens (tertiary/aromatic N) is 2. The van der Waals surface area contributed by atoms with E-state index in [9.17, 15) is 14.7 Å². The average molecular weight is 369 g/mol. The summed E-state index contributed by atoms with van der Waals surface area (Å²) in [6.07, 6.45) is 3.08. The molecule has 2 aromatic rings. The lowest BCUT2D eigenvalue weighted by atomic mass is 10.1. The van der Waals surface area contributed by atoms with Gasteiger partial charge in [0.1, 0.15) is 0 Å². The number of rotatable bonds is 4. The van der Waals surface area contributed by atoms with E-state index in [0.29, 0.717) is 35.7 Å². The molecule has 0 radical (unpaired) electrons. The summed E-state index contributed by atoms with van der Waals surface area (Å²) in [7, 11) is 0. The monoisotopic (exact) mass is 369 g/mol. The van der Waals surface area contributed by atoms with Gasteiger partial charge < -0.3 is 20.1 Å². The molecule has 7 nitrogen and oxygen atoms in total. The van der Waals surface area contributed by atoms with E-state index in [1.54, 1.807) is 47.6 Å². The van der Waals surface area contributed by atoms with Crippen molar-refractivity contribution in [3.63, 3.8) is 0 Å². The number of carbonyl (C=O) groups is 2. The summed E-state index contributed by atoms with van der Waals surface area (Å²) in [6.45, 7) is 4.56. The van der Waals surface area contributed by atoms with Gasteiger partial charge in [0.25, 0.3) is 11.8 Å². The van der Waals surface area contributed by atoms with Crippen molar-refractivity contribution < 1.29 is 19.4 Å². The molecule has 0 bridgehead atoms. The Bertz CT molecular complexity index is 825. The van der Waals surface area contributed by atoms with Crippen LogP contribution in [0.5, 0.6) is 5.75 Å². The highest BCUT2D eigenvalue weighted by Gasteiger charge is 2.29. The SMILES string of the molecule is CC1COc2c(NC(=O)c3ccncc3)cccc2C(=O)N(C(C)CO)C1. The Hall–Kier alpha value is -2.93. The lowest BCUT2D eigenvalue weighted by molar-refractivity contribution is 0.0524. The molecule has 27 heavy (non-hydrogen) atoms. The number of benzene rings is 1. The van der Waals surface area contributed by atoms with Crippen molar-refractivity contribution in [1.82, 2.24) is 9.88 Å². The highest BCUT2D eigenvalue weighted by Crippen LogP contribution is 2.33. The number of para-hydroxylation sites is 1. The normalized spacial score (nSPS) is 18.0. The lowest BCUT2D eigenvalue weighted by Crippen LogP contribution is -2.45. The topological polar surface area (TPSA) is 91.8 Å². The minimum Gasteiger partial charge on any atom is -0.490 e. The second kappa shape index (κ2) is 8.18. The second-order valence-electron chi connectivity index (χ2n) is 6.78. The molecule has 142 valence electrons. The summed E-state index contributed by atoms with van der Waals surface area (Å²) in [4.78, 5) is 31.1. The van der Waals surface area contributed by atoms with Crippen molar-refractivity contribution in [3.05, 3.63) is 53.9 Å². The summed E-state index contributed by atoms with van der Waals surface area (Å²) < 4.78 is 5.90. The third-order valence-electron chi connectivity index (χ3n) is 4.51. The van der Waals surface area contributed by atoms with Gasteiger partial charge in [0, 0.05) is 30.4 Å². The third kappa shape index (κ3) is 4.09. The number of hydrogen-bond acceptors (Lipinski definition) is 5. The predicted octanol–water partition coefficient (Wildman–Crippen LogP) is 2.19. The highest BCUT2D eigenvalue weighted by molar-refractivity contribution is 6.07. The molecule has 1 aromatic heterocycles. The Morgan fingerprint density at radius 2 is 2.11 bits per heavy atom. The molecule has 0 saturated heterocycles. The van der Waals surface area contributed by atoms with Gasteiger partial charge in [-0.25, -0.2) is 0 Å². The smallest absolute Gasteiger partial charge is 0.258 e. The van der Waals surface area contributed by atoms with Gasteiger partial charge in [-0.1, -0.05) is 13.0 Å². The van der Waals surface area contributed by atoms with Crippen LogP contribution >= 0.6 is 0 Å². The minimum absolute atomic E-state index is 0.0834. The van der Waals surface area contributed by atoms with E-state index >= 15 is 0 Å². The molecule has 0 aliphatic carbocycles. The van der Waals surface area contributed by atoms with E-state index in [0.717, 1.165) is 0 Å². The quantitative estimate of drug-likeness (QED) is 0.862. The van der Waals surface area contributed by atoms with Crippen LogP contribution in [0.15, 0.2) is 42.7 Å². The molecule has 2 heterocycles. The number of nitrogens with one attached hydrogen (secondary N) is 1. The van der Waals surface area contributed by atoms with E-state index in [-0.39, 0.29) is 30.4 Å². The Morgan fingerprint density at radius 1 is 1.37 bits per heavy atom. The van der Waals surface area contributed by atoms with Crippen LogP contribution in [0.1, 0.15) is 34.6 Å². The van der Waals surface area contributed by atoms with Crippen LogP contribution in [0.3, 0.4) is 0 Å². The largest absolute Gasteiger partial charge is 0.490 e. The molecule has 2 amide bonds. The summed E-state index contributed by atoms with van der Waals surface area (Å²) in [5.74, 6) is -0.0951. The molecule has 2 atom stereocenters. The number of pyridine rings is 1. The van der Waals surface area contributed by atoms with Gasteiger partial charge in [0.2, 0.25) is 0 Å². The minimum atomic E-state index is -0.308. The fraction of sp³-hybridized carbons (Fsp3) is 0.350. The van der Waals surface area contributed by atoms with Crippen LogP contribution in [0.25, 0.3) is 0 Å². The fourth-order valence-corrected chi connectivity index (χ4v) is 2.99. The first kappa shape index (κ1) is 18.8. The summed E-state index contributed by atoms with van der Waals surface area (Å²) in [5, 5.41) is 12.3. The van der Waals surface area contributed by atoms with Crippen molar-refractivity contribution >= 4 is 17.5 Å². The molecular formula is C20H23N3O4. The van der Waals surface area contributed by atoms with Gasteiger partial charge in [-0.2, -0.15) is 0 Å². The van der Waals surface area contributed by atoms with E-state index in [2.05, 4.69) is 10.3 Å². The number of aliphatic hydroxyl groups excluding tert-OH is 1. The van der Waals surface area contributed by atoms with Gasteiger partial charge in [0.15, 0.2) is 5.75 Å². The molecule has 2 unspecified atom stereocenters. The number of ether oxygens (including phenoxy) is 1. The van der Waals surface area contributed by atoms with Crippen LogP contribution in [-0.4, -0.2) is 52.6 Å². The number of anilines is 1. The summed E-state index contributed by atoms with van der Waals surface area (Å²) in [6, 6.07) is 8.00. The van der Waals surface area contributed by atoms with Crippen LogP contribution in [0.2, 0.25) is 0 Å². The number of fused-ring (bicyclic) bond motifs is 1. The first-order valence-electron chi connectivity index (χ1n) is 8.90. The van der Waals surface area contributed by atoms with Gasteiger partial charge in [0.05, 0.1) is 30.5 Å². The van der Waals surface area contributed by atoms with Crippen molar-refractivity contribution in [2.45, 2.75) is 19.9 Å². The van der Waals surface area contributed by atoms with Crippen LogP contribution in [-0.2, 0) is 0 Å². The van der Waals surface area contributed by atoms with Crippen molar-refractivity contribution in [1.29, 1.82) is 0 Å². The van der Waals surface area contributed by atoms with Gasteiger partial charge >= 0.3 is 0 Å². The van der Waals surface area contributed by atoms with Gasteiger partial charge in [-0.05, 0) is 31.2 Å². The number of carbonyl (C=O) groups excluding carboxylic acids is 2. The zero-order valence-electron chi connectivity index (χ0n) is 15.4. The Morgan fingerprint density at radius 3 is 2.81 bits per heavy atom. The maximum Gasteiger partial charge on any atom is 0.258 e. The molecule has 2 N–H and O–H groups in total. The predicted molar refractivity (Wildman–Crippen MR) is 101 cm³/mol. The third-order valence-corrected chi connectivity index (χ3v) is 4.51. The zero-order valence-corrected chi connectivity index (χ0v) is 15.4. The number of hydrogen-bond donors (Lipinski definition) is 2. The molecular weight excluding hydrogens is 346 g/mol. The van der Waals surface area contributed by atoms with E-state index < -0.39 is 0 Å². The molecule has 1 aliphatic rings. The van der Waals surface area contributed by atoms with Gasteiger partial charge in [-0.3, -0.25) is 14.6 Å². The zero-order chi connectivity index (χ0) is 19.4. The van der Waals surface area contributed by atoms with Crippen LogP contribution in [0.4, 0.5) is 5.69 Å². The fourth-order valence-electron chi connectivity index (χ4n) is 2.99. The van der Waals surface area contributed by atoms with Crippen molar-refractivity contribution in [3.8, 4) is 5.75 Å². The molecule has 1 aliphatic heterocycles. The van der Waals surface area contributed by atoms with Crippen LogP contribution in [0, 0.1) is 5.92 Å². The Kier molecular flexibility index (Phi) is 5.71. The summed E-state index contributed by atoms with van der Waals surface area (Å²) >= 11 is 0. The van der Waals surface area contributed by atoms with E-state index in [1.807, 2.05) is 13.8 Å². The number of aliphatic hydroxyl groups is 1. The van der Waals surface area contributed by atoms with Crippen LogP contribution < -0.4 is 10.1 Å². The van der Waals surface area contributed by atoms with Gasteiger partial charge in [-0.15, -0.1) is 0 Å². The maximum atomic E-state index is 13.1. The molecule has 0 spiro atoms. The van der Waals surface area contributed by atoms with E-state index in [4.69, 9.17) is 4.74 Å². The van der Waals surface area contributed by atoms with Crippen molar-refractivity contribution in [2.75, 3.05) is 25.1 Å². The first-order chi connectivity index (χ1) is 13.0. The number of amides is 2. The molecule has 3 rings (SSSR count). The maximum absolute atomic E-state index is 13.1. The highest BCUT2D eigenvalue weighted by atomic mass is 16.5. The Labute approximate surface area is 158 Å². The molecule has 0 saturated carbocycles. The average Bonchev–Trinajstić information content (AvgIpc) is 2.69. The van der Waals surface area contributed by atoms with Crippen molar-refractivity contribution in [2.24, 2.45) is 5.92 Å². The number of aromatic nitrogens is 1. The Balaban J connectivity index is 1.95. The van der Waals surface area contributed by atoms with E-state index in [1.165, 1.54) is 0 Å². The molecule has 7 heteroatoms. The standard InChI is InChI=1S/C20H23N3O4/c1-13-10-23(14(2)11-24)20(26)16-4-3-5-17(18(16)27-12-13)22-19(25)15-6-8-21-9-7-15/h3-9,13-14,24H,10-12H2,1-2H3,(H,22,25). The lowest BCUT2D eigenvalue weighted by Gasteiger charge is -2.33. The molecule has 1 aromatic carbocycles. The molecule has 0 fully saturated rings. The first-order valence-corrected chi connectivity index (χ1v) is 8.90.